The number of aromatic amines is 1. The molecule has 2 aliphatic rings. The minimum atomic E-state index is -0.144. The molecule has 1 fully saturated rings. The Morgan fingerprint density at radius 1 is 1.47 bits per heavy atom. The number of nitrogens with one attached hydrogen (secondary N) is 1. The highest BCUT2D eigenvalue weighted by atomic mass is 16.5. The largest absolute Gasteiger partial charge is 0.362 e. The van der Waals surface area contributed by atoms with Crippen LogP contribution in [0.15, 0.2) is 30.1 Å². The number of amides is 1. The summed E-state index contributed by atoms with van der Waals surface area (Å²) in [5.41, 5.74) is 3.47. The Kier molecular flexibility index (Phi) is 2.62. The predicted molar refractivity (Wildman–Crippen MR) is 70.3 cm³/mol. The quantitative estimate of drug-likeness (QED) is 0.755. The number of hydrogen-bond acceptors (Lipinski definition) is 2. The van der Waals surface area contributed by atoms with Gasteiger partial charge < -0.3 is 9.88 Å². The normalized spacial score (nSPS) is 25.4. The maximum atomic E-state index is 12.5. The van der Waals surface area contributed by atoms with E-state index in [-0.39, 0.29) is 10.6 Å². The van der Waals surface area contributed by atoms with Crippen LogP contribution in [0, 0.1) is 13.8 Å². The summed E-state index contributed by atoms with van der Waals surface area (Å²) in [6.07, 6.45) is 5.48. The number of piperazine rings is 1. The first-order valence-corrected chi connectivity index (χ1v) is 6.44. The molecule has 5 heteroatoms. The summed E-state index contributed by atoms with van der Waals surface area (Å²) < 4.78 is -0.144. The van der Waals surface area contributed by atoms with Crippen molar-refractivity contribution < 1.29 is 14.6 Å². The van der Waals surface area contributed by atoms with Gasteiger partial charge in [-0.2, -0.15) is 0 Å². The SMILES string of the molecule is Cc1cc(C(=O)N2CC[N+]3(O)C=CC=C3C2)c(C)[nH]1. The van der Waals surface area contributed by atoms with Crippen LogP contribution in [-0.2, 0) is 0 Å². The molecule has 1 unspecified atom stereocenters. The molecule has 0 spiro atoms. The van der Waals surface area contributed by atoms with Crippen LogP contribution in [0.4, 0.5) is 0 Å². The van der Waals surface area contributed by atoms with E-state index in [9.17, 15) is 10.0 Å². The van der Waals surface area contributed by atoms with Gasteiger partial charge in [0, 0.05) is 23.5 Å². The fourth-order valence-electron chi connectivity index (χ4n) is 2.75. The lowest BCUT2D eigenvalue weighted by Crippen LogP contribution is -2.53. The summed E-state index contributed by atoms with van der Waals surface area (Å²) in [5.74, 6) is 0.0286. The van der Waals surface area contributed by atoms with Crippen LogP contribution < -0.4 is 0 Å². The number of carbonyl (C=O) groups excluding carboxylic acids is 1. The molecule has 1 aromatic rings. The van der Waals surface area contributed by atoms with Gasteiger partial charge in [-0.25, -0.2) is 5.21 Å². The molecular weight excluding hydrogens is 242 g/mol. The molecule has 1 saturated heterocycles. The number of hydroxylamine groups is 3. The predicted octanol–water partition coefficient (Wildman–Crippen LogP) is 1.70. The lowest BCUT2D eigenvalue weighted by Gasteiger charge is -2.35. The zero-order valence-corrected chi connectivity index (χ0v) is 11.2. The summed E-state index contributed by atoms with van der Waals surface area (Å²) in [4.78, 5) is 17.4. The minimum absolute atomic E-state index is 0.0286. The van der Waals surface area contributed by atoms with Gasteiger partial charge in [0.25, 0.3) is 5.91 Å². The average Bonchev–Trinajstić information content (AvgIpc) is 2.89. The van der Waals surface area contributed by atoms with E-state index in [1.807, 2.05) is 32.1 Å². The molecule has 1 aromatic heterocycles. The number of fused-ring (bicyclic) bond motifs is 1. The maximum absolute atomic E-state index is 12.5. The fraction of sp³-hybridized carbons (Fsp3) is 0.357. The van der Waals surface area contributed by atoms with Gasteiger partial charge in [-0.15, -0.1) is 4.65 Å². The number of aryl methyl sites for hydroxylation is 2. The topological polar surface area (TPSA) is 56.3 Å². The lowest BCUT2D eigenvalue weighted by molar-refractivity contribution is -1.03. The summed E-state index contributed by atoms with van der Waals surface area (Å²) in [6, 6.07) is 1.88. The van der Waals surface area contributed by atoms with Crippen molar-refractivity contribution in [1.29, 1.82) is 0 Å². The van der Waals surface area contributed by atoms with Crippen LogP contribution in [-0.4, -0.2) is 45.3 Å². The number of carbonyl (C=O) groups is 1. The van der Waals surface area contributed by atoms with E-state index in [4.69, 9.17) is 0 Å². The Hall–Kier alpha value is -1.85. The van der Waals surface area contributed by atoms with Crippen LogP contribution in [0.25, 0.3) is 0 Å². The maximum Gasteiger partial charge on any atom is 0.256 e. The van der Waals surface area contributed by atoms with Gasteiger partial charge in [-0.3, -0.25) is 4.79 Å². The molecule has 2 aliphatic heterocycles. The van der Waals surface area contributed by atoms with Crippen LogP contribution in [0.3, 0.4) is 0 Å². The fourth-order valence-corrected chi connectivity index (χ4v) is 2.75. The second-order valence-electron chi connectivity index (χ2n) is 5.27. The second-order valence-corrected chi connectivity index (χ2v) is 5.27. The third kappa shape index (κ3) is 1.91. The van der Waals surface area contributed by atoms with Crippen molar-refractivity contribution in [2.45, 2.75) is 13.8 Å². The highest BCUT2D eigenvalue weighted by Crippen LogP contribution is 2.27. The molecule has 0 bridgehead atoms. The smallest absolute Gasteiger partial charge is 0.256 e. The van der Waals surface area contributed by atoms with E-state index in [0.717, 1.165) is 22.6 Å². The highest BCUT2D eigenvalue weighted by molar-refractivity contribution is 5.95. The van der Waals surface area contributed by atoms with Crippen molar-refractivity contribution >= 4 is 5.91 Å². The average molecular weight is 260 g/mol. The Morgan fingerprint density at radius 3 is 2.95 bits per heavy atom. The van der Waals surface area contributed by atoms with Crippen molar-refractivity contribution in [3.8, 4) is 0 Å². The minimum Gasteiger partial charge on any atom is -0.362 e. The third-order valence-electron chi connectivity index (χ3n) is 3.85. The standard InChI is InChI=1S/C14H17N3O2/c1-10-8-13(11(2)15-10)14(18)16-5-7-17(19)6-3-4-12(17)9-16/h3-4,6,8,19H,5,7,9H2,1-2H3/p+1. The highest BCUT2D eigenvalue weighted by Gasteiger charge is 2.40. The van der Waals surface area contributed by atoms with Crippen molar-refractivity contribution in [2.24, 2.45) is 0 Å². The third-order valence-corrected chi connectivity index (χ3v) is 3.85. The molecule has 2 N–H and O–H groups in total. The Morgan fingerprint density at radius 2 is 2.26 bits per heavy atom. The van der Waals surface area contributed by atoms with Gasteiger partial charge in [-0.1, -0.05) is 0 Å². The number of allylic oxidation sites excluding steroid dienone is 2. The molecule has 19 heavy (non-hydrogen) atoms. The van der Waals surface area contributed by atoms with Gasteiger partial charge in [-0.05, 0) is 19.9 Å². The molecule has 0 saturated carbocycles. The summed E-state index contributed by atoms with van der Waals surface area (Å²) in [6.45, 7) is 5.40. The zero-order chi connectivity index (χ0) is 13.6. The first kappa shape index (κ1) is 12.2. The number of rotatable bonds is 1. The molecule has 0 aliphatic carbocycles. The molecule has 5 nitrogen and oxygen atoms in total. The lowest BCUT2D eigenvalue weighted by atomic mass is 10.2. The van der Waals surface area contributed by atoms with Crippen LogP contribution in [0.1, 0.15) is 21.7 Å². The van der Waals surface area contributed by atoms with E-state index in [2.05, 4.69) is 4.98 Å². The molecule has 0 radical (unpaired) electrons. The van der Waals surface area contributed by atoms with E-state index in [0.29, 0.717) is 19.6 Å². The molecule has 100 valence electrons. The first-order valence-electron chi connectivity index (χ1n) is 6.44. The summed E-state index contributed by atoms with van der Waals surface area (Å²) >= 11 is 0. The van der Waals surface area contributed by atoms with Gasteiger partial charge in [0.15, 0.2) is 5.70 Å². The summed E-state index contributed by atoms with van der Waals surface area (Å²) in [7, 11) is 0. The van der Waals surface area contributed by atoms with Gasteiger partial charge in [0.2, 0.25) is 0 Å². The molecular formula is C14H18N3O2+. The van der Waals surface area contributed by atoms with Crippen LogP contribution in [0.2, 0.25) is 0 Å². The zero-order valence-electron chi connectivity index (χ0n) is 11.2. The number of hydrogen-bond donors (Lipinski definition) is 2. The van der Waals surface area contributed by atoms with E-state index >= 15 is 0 Å². The van der Waals surface area contributed by atoms with Crippen molar-refractivity contribution in [3.63, 3.8) is 0 Å². The molecule has 0 aromatic carbocycles. The second kappa shape index (κ2) is 4.08. The van der Waals surface area contributed by atoms with Gasteiger partial charge >= 0.3 is 0 Å². The first-order chi connectivity index (χ1) is 8.99. The van der Waals surface area contributed by atoms with Crippen LogP contribution >= 0.6 is 0 Å². The Balaban J connectivity index is 1.82. The number of H-pyrrole nitrogens is 1. The van der Waals surface area contributed by atoms with E-state index in [1.54, 1.807) is 11.1 Å². The van der Waals surface area contributed by atoms with Crippen LogP contribution in [0.5, 0.6) is 0 Å². The van der Waals surface area contributed by atoms with E-state index in [1.165, 1.54) is 0 Å². The molecule has 3 heterocycles. The monoisotopic (exact) mass is 260 g/mol. The van der Waals surface area contributed by atoms with Crippen molar-refractivity contribution in [2.75, 3.05) is 19.6 Å². The Bertz CT molecular complexity index is 600. The van der Waals surface area contributed by atoms with E-state index < -0.39 is 0 Å². The summed E-state index contributed by atoms with van der Waals surface area (Å²) in [5, 5.41) is 10.3. The number of aromatic nitrogens is 1. The van der Waals surface area contributed by atoms with Crippen molar-refractivity contribution in [1.82, 2.24) is 9.88 Å². The number of nitrogens with zero attached hydrogens (tertiary/aromatic N) is 2. The van der Waals surface area contributed by atoms with Gasteiger partial charge in [0.1, 0.15) is 12.7 Å². The Labute approximate surface area is 112 Å². The molecule has 3 rings (SSSR count). The molecule has 1 amide bonds. The van der Waals surface area contributed by atoms with Crippen molar-refractivity contribution in [3.05, 3.63) is 47.1 Å². The molecule has 1 atom stereocenters. The van der Waals surface area contributed by atoms with Gasteiger partial charge in [0.05, 0.1) is 18.7 Å². The number of quaternary nitrogens is 1.